The average Bonchev–Trinajstić information content (AvgIpc) is 2.56. The fraction of sp³-hybridized carbons (Fsp3) is 0.500. The van der Waals surface area contributed by atoms with Crippen molar-refractivity contribution in [2.75, 3.05) is 6.61 Å². The van der Waals surface area contributed by atoms with E-state index in [1.165, 1.54) is 16.6 Å². The minimum absolute atomic E-state index is 0.654. The Morgan fingerprint density at radius 2 is 2.12 bits per heavy atom. The summed E-state index contributed by atoms with van der Waals surface area (Å²) in [6, 6.07) is 2.03. The van der Waals surface area contributed by atoms with Crippen molar-refractivity contribution in [3.05, 3.63) is 23.5 Å². The SMILES string of the molecule is Cc1[nH]c2c(OCCC(C)C)nccc2c1C. The van der Waals surface area contributed by atoms with E-state index >= 15 is 0 Å². The van der Waals surface area contributed by atoms with E-state index in [0.717, 1.165) is 24.4 Å². The summed E-state index contributed by atoms with van der Waals surface area (Å²) in [7, 11) is 0. The van der Waals surface area contributed by atoms with Crippen LogP contribution in [0.1, 0.15) is 31.5 Å². The highest BCUT2D eigenvalue weighted by atomic mass is 16.5. The first-order valence-electron chi connectivity index (χ1n) is 6.16. The van der Waals surface area contributed by atoms with Crippen LogP contribution in [0.4, 0.5) is 0 Å². The molecule has 0 saturated heterocycles. The molecule has 2 rings (SSSR count). The summed E-state index contributed by atoms with van der Waals surface area (Å²) < 4.78 is 5.76. The van der Waals surface area contributed by atoms with Crippen LogP contribution in [-0.4, -0.2) is 16.6 Å². The van der Waals surface area contributed by atoms with Gasteiger partial charge < -0.3 is 9.72 Å². The number of rotatable bonds is 4. The normalized spacial score (nSPS) is 11.4. The summed E-state index contributed by atoms with van der Waals surface area (Å²) in [6.07, 6.45) is 2.87. The molecular weight excluding hydrogens is 212 g/mol. The number of nitrogens with one attached hydrogen (secondary N) is 1. The Bertz CT molecular complexity index is 514. The molecule has 0 bridgehead atoms. The van der Waals surface area contributed by atoms with Gasteiger partial charge in [0.2, 0.25) is 5.88 Å². The van der Waals surface area contributed by atoms with Gasteiger partial charge in [-0.05, 0) is 37.8 Å². The smallest absolute Gasteiger partial charge is 0.238 e. The molecule has 1 N–H and O–H groups in total. The third-order valence-corrected chi connectivity index (χ3v) is 3.13. The van der Waals surface area contributed by atoms with Gasteiger partial charge in [-0.1, -0.05) is 13.8 Å². The second-order valence-electron chi connectivity index (χ2n) is 4.94. The van der Waals surface area contributed by atoms with Gasteiger partial charge in [-0.15, -0.1) is 0 Å². The van der Waals surface area contributed by atoms with Crippen molar-refractivity contribution in [2.45, 2.75) is 34.1 Å². The molecule has 0 spiro atoms. The van der Waals surface area contributed by atoms with Crippen LogP contribution < -0.4 is 4.74 Å². The van der Waals surface area contributed by atoms with E-state index in [1.807, 2.05) is 12.3 Å². The van der Waals surface area contributed by atoms with Crippen LogP contribution in [0.3, 0.4) is 0 Å². The van der Waals surface area contributed by atoms with Gasteiger partial charge in [0.05, 0.1) is 6.61 Å². The zero-order chi connectivity index (χ0) is 12.4. The molecule has 0 saturated carbocycles. The zero-order valence-corrected chi connectivity index (χ0v) is 11.0. The Labute approximate surface area is 102 Å². The molecule has 0 fully saturated rings. The third-order valence-electron chi connectivity index (χ3n) is 3.13. The second kappa shape index (κ2) is 4.78. The summed E-state index contributed by atoms with van der Waals surface area (Å²) >= 11 is 0. The molecular formula is C14H20N2O. The first-order chi connectivity index (χ1) is 8.09. The molecule has 2 heterocycles. The number of pyridine rings is 1. The number of hydrogen-bond acceptors (Lipinski definition) is 2. The lowest BCUT2D eigenvalue weighted by Gasteiger charge is -2.07. The highest BCUT2D eigenvalue weighted by Crippen LogP contribution is 2.27. The lowest BCUT2D eigenvalue weighted by atomic mass is 10.1. The topological polar surface area (TPSA) is 37.9 Å². The minimum Gasteiger partial charge on any atom is -0.476 e. The van der Waals surface area contributed by atoms with Crippen LogP contribution in [0, 0.1) is 19.8 Å². The van der Waals surface area contributed by atoms with Crippen LogP contribution in [0.2, 0.25) is 0 Å². The summed E-state index contributed by atoms with van der Waals surface area (Å²) in [5.74, 6) is 1.38. The number of fused-ring (bicyclic) bond motifs is 1. The summed E-state index contributed by atoms with van der Waals surface area (Å²) in [5, 5.41) is 1.21. The van der Waals surface area contributed by atoms with Crippen LogP contribution >= 0.6 is 0 Å². The molecule has 3 nitrogen and oxygen atoms in total. The maximum Gasteiger partial charge on any atom is 0.238 e. The Balaban J connectivity index is 2.25. The van der Waals surface area contributed by atoms with Gasteiger partial charge in [0, 0.05) is 17.3 Å². The highest BCUT2D eigenvalue weighted by molar-refractivity contribution is 5.87. The first-order valence-corrected chi connectivity index (χ1v) is 6.16. The predicted octanol–water partition coefficient (Wildman–Crippen LogP) is 3.60. The Hall–Kier alpha value is -1.51. The maximum atomic E-state index is 5.76. The number of hydrogen-bond donors (Lipinski definition) is 1. The van der Waals surface area contributed by atoms with E-state index in [4.69, 9.17) is 4.74 Å². The van der Waals surface area contributed by atoms with Gasteiger partial charge in [0.25, 0.3) is 0 Å². The van der Waals surface area contributed by atoms with Crippen molar-refractivity contribution in [2.24, 2.45) is 5.92 Å². The summed E-state index contributed by atoms with van der Waals surface area (Å²) in [6.45, 7) is 9.31. The summed E-state index contributed by atoms with van der Waals surface area (Å²) in [4.78, 5) is 7.65. The second-order valence-corrected chi connectivity index (χ2v) is 4.94. The number of ether oxygens (including phenoxy) is 1. The number of nitrogens with zero attached hydrogens (tertiary/aromatic N) is 1. The van der Waals surface area contributed by atoms with Gasteiger partial charge in [0.15, 0.2) is 0 Å². The van der Waals surface area contributed by atoms with Crippen molar-refractivity contribution in [1.82, 2.24) is 9.97 Å². The van der Waals surface area contributed by atoms with E-state index in [1.54, 1.807) is 0 Å². The molecule has 2 aromatic rings. The fourth-order valence-corrected chi connectivity index (χ4v) is 1.86. The molecule has 3 heteroatoms. The Kier molecular flexibility index (Phi) is 3.36. The number of aromatic amines is 1. The molecule has 17 heavy (non-hydrogen) atoms. The Morgan fingerprint density at radius 1 is 1.35 bits per heavy atom. The van der Waals surface area contributed by atoms with E-state index in [0.29, 0.717) is 5.92 Å². The third kappa shape index (κ3) is 2.43. The largest absolute Gasteiger partial charge is 0.476 e. The first kappa shape index (κ1) is 12.0. The van der Waals surface area contributed by atoms with Gasteiger partial charge >= 0.3 is 0 Å². The van der Waals surface area contributed by atoms with Gasteiger partial charge in [-0.25, -0.2) is 4.98 Å². The Morgan fingerprint density at radius 3 is 2.82 bits per heavy atom. The van der Waals surface area contributed by atoms with Gasteiger partial charge in [0.1, 0.15) is 5.52 Å². The standard InChI is InChI=1S/C14H20N2O/c1-9(2)6-8-17-14-13-12(5-7-15-14)10(3)11(4)16-13/h5,7,9,16H,6,8H2,1-4H3. The number of H-pyrrole nitrogens is 1. The van der Waals surface area contributed by atoms with Crippen molar-refractivity contribution >= 4 is 10.9 Å². The fourth-order valence-electron chi connectivity index (χ4n) is 1.86. The quantitative estimate of drug-likeness (QED) is 0.874. The van der Waals surface area contributed by atoms with Crippen molar-refractivity contribution in [3.8, 4) is 5.88 Å². The molecule has 0 atom stereocenters. The molecule has 0 aliphatic heterocycles. The van der Waals surface area contributed by atoms with Crippen molar-refractivity contribution in [1.29, 1.82) is 0 Å². The number of aryl methyl sites for hydroxylation is 2. The van der Waals surface area contributed by atoms with Crippen LogP contribution in [-0.2, 0) is 0 Å². The predicted molar refractivity (Wildman–Crippen MR) is 70.5 cm³/mol. The van der Waals surface area contributed by atoms with Gasteiger partial charge in [-0.3, -0.25) is 0 Å². The molecule has 0 radical (unpaired) electrons. The van der Waals surface area contributed by atoms with E-state index in [2.05, 4.69) is 37.7 Å². The monoisotopic (exact) mass is 232 g/mol. The van der Waals surface area contributed by atoms with Crippen molar-refractivity contribution in [3.63, 3.8) is 0 Å². The minimum atomic E-state index is 0.654. The lowest BCUT2D eigenvalue weighted by Crippen LogP contribution is -2.02. The van der Waals surface area contributed by atoms with Crippen LogP contribution in [0.25, 0.3) is 10.9 Å². The van der Waals surface area contributed by atoms with Crippen molar-refractivity contribution < 1.29 is 4.74 Å². The highest BCUT2D eigenvalue weighted by Gasteiger charge is 2.10. The van der Waals surface area contributed by atoms with E-state index in [9.17, 15) is 0 Å². The number of aromatic nitrogens is 2. The van der Waals surface area contributed by atoms with E-state index in [-0.39, 0.29) is 0 Å². The molecule has 0 amide bonds. The van der Waals surface area contributed by atoms with Crippen LogP contribution in [0.15, 0.2) is 12.3 Å². The molecule has 2 aromatic heterocycles. The molecule has 0 unspecified atom stereocenters. The molecule has 0 aromatic carbocycles. The van der Waals surface area contributed by atoms with E-state index < -0.39 is 0 Å². The maximum absolute atomic E-state index is 5.76. The molecule has 0 aliphatic carbocycles. The summed E-state index contributed by atoms with van der Waals surface area (Å²) in [5.41, 5.74) is 3.48. The zero-order valence-electron chi connectivity index (χ0n) is 11.0. The molecule has 0 aliphatic rings. The van der Waals surface area contributed by atoms with Crippen LogP contribution in [0.5, 0.6) is 5.88 Å². The van der Waals surface area contributed by atoms with Gasteiger partial charge in [-0.2, -0.15) is 0 Å². The lowest BCUT2D eigenvalue weighted by molar-refractivity contribution is 0.282. The molecule has 92 valence electrons. The average molecular weight is 232 g/mol.